The quantitative estimate of drug-likeness (QED) is 0.832. The Balaban J connectivity index is 2.65. The SMILES string of the molecule is COc1cc(C=O)cc2c1OC(C)(C)C(=O)N2CCO. The van der Waals surface area contributed by atoms with Crippen molar-refractivity contribution >= 4 is 17.9 Å². The number of aliphatic hydroxyl groups excluding tert-OH is 1. The summed E-state index contributed by atoms with van der Waals surface area (Å²) in [6.07, 6.45) is 0.671. The lowest BCUT2D eigenvalue weighted by atomic mass is 10.0. The summed E-state index contributed by atoms with van der Waals surface area (Å²) in [5.41, 5.74) is -0.248. The van der Waals surface area contributed by atoms with Crippen LogP contribution in [0.4, 0.5) is 5.69 Å². The van der Waals surface area contributed by atoms with Crippen molar-refractivity contribution in [3.63, 3.8) is 0 Å². The number of hydrogen-bond donors (Lipinski definition) is 1. The van der Waals surface area contributed by atoms with Gasteiger partial charge in [-0.25, -0.2) is 0 Å². The van der Waals surface area contributed by atoms with Gasteiger partial charge in [0, 0.05) is 12.1 Å². The number of anilines is 1. The first-order valence-electron chi connectivity index (χ1n) is 6.23. The molecule has 1 aliphatic heterocycles. The summed E-state index contributed by atoms with van der Waals surface area (Å²) in [7, 11) is 1.47. The highest BCUT2D eigenvalue weighted by Gasteiger charge is 2.42. The minimum atomic E-state index is -1.06. The van der Waals surface area contributed by atoms with Crippen LogP contribution in [-0.2, 0) is 4.79 Å². The van der Waals surface area contributed by atoms with Crippen LogP contribution in [0.15, 0.2) is 12.1 Å². The zero-order valence-electron chi connectivity index (χ0n) is 11.7. The van der Waals surface area contributed by atoms with Gasteiger partial charge in [0.25, 0.3) is 5.91 Å². The Morgan fingerprint density at radius 3 is 2.70 bits per heavy atom. The molecule has 1 aromatic carbocycles. The van der Waals surface area contributed by atoms with Crippen LogP contribution in [0.3, 0.4) is 0 Å². The first-order chi connectivity index (χ1) is 9.44. The molecule has 6 heteroatoms. The van der Waals surface area contributed by atoms with Crippen molar-refractivity contribution in [3.05, 3.63) is 17.7 Å². The van der Waals surface area contributed by atoms with Crippen molar-refractivity contribution in [2.24, 2.45) is 0 Å². The molecule has 0 aromatic heterocycles. The van der Waals surface area contributed by atoms with Crippen molar-refractivity contribution in [2.75, 3.05) is 25.2 Å². The Morgan fingerprint density at radius 2 is 2.15 bits per heavy atom. The summed E-state index contributed by atoms with van der Waals surface area (Å²) in [6.45, 7) is 3.24. The zero-order valence-corrected chi connectivity index (χ0v) is 11.7. The Morgan fingerprint density at radius 1 is 1.45 bits per heavy atom. The third-order valence-electron chi connectivity index (χ3n) is 3.15. The molecule has 0 spiro atoms. The summed E-state index contributed by atoms with van der Waals surface area (Å²) in [5.74, 6) is 0.508. The first kappa shape index (κ1) is 14.3. The number of carbonyl (C=O) groups is 2. The normalized spacial score (nSPS) is 16.4. The second-order valence-electron chi connectivity index (χ2n) is 4.98. The van der Waals surface area contributed by atoms with Crippen molar-refractivity contribution in [2.45, 2.75) is 19.4 Å². The van der Waals surface area contributed by atoms with E-state index in [2.05, 4.69) is 0 Å². The smallest absolute Gasteiger partial charge is 0.270 e. The molecule has 1 N–H and O–H groups in total. The van der Waals surface area contributed by atoms with Crippen LogP contribution in [-0.4, -0.2) is 43.2 Å². The largest absolute Gasteiger partial charge is 0.493 e. The van der Waals surface area contributed by atoms with E-state index in [0.29, 0.717) is 29.0 Å². The predicted molar refractivity (Wildman–Crippen MR) is 72.5 cm³/mol. The molecule has 2 rings (SSSR count). The summed E-state index contributed by atoms with van der Waals surface area (Å²) in [6, 6.07) is 3.10. The van der Waals surface area contributed by atoms with Crippen LogP contribution in [0, 0.1) is 0 Å². The van der Waals surface area contributed by atoms with Crippen molar-refractivity contribution in [1.29, 1.82) is 0 Å². The van der Waals surface area contributed by atoms with E-state index in [9.17, 15) is 9.59 Å². The lowest BCUT2D eigenvalue weighted by Crippen LogP contribution is -2.53. The molecule has 0 unspecified atom stereocenters. The number of aldehydes is 1. The Bertz CT molecular complexity index is 553. The second kappa shape index (κ2) is 5.13. The summed E-state index contributed by atoms with van der Waals surface area (Å²) < 4.78 is 10.9. The topological polar surface area (TPSA) is 76.1 Å². The maximum atomic E-state index is 12.4. The second-order valence-corrected chi connectivity index (χ2v) is 4.98. The number of rotatable bonds is 4. The van der Waals surface area contributed by atoms with Gasteiger partial charge >= 0.3 is 0 Å². The van der Waals surface area contributed by atoms with Crippen LogP contribution in [0.1, 0.15) is 24.2 Å². The summed E-state index contributed by atoms with van der Waals surface area (Å²) in [4.78, 5) is 24.8. The third-order valence-corrected chi connectivity index (χ3v) is 3.15. The van der Waals surface area contributed by atoms with E-state index in [1.165, 1.54) is 12.0 Å². The van der Waals surface area contributed by atoms with Gasteiger partial charge in [0.15, 0.2) is 17.1 Å². The average Bonchev–Trinajstić information content (AvgIpc) is 2.43. The number of aliphatic hydroxyl groups is 1. The fourth-order valence-electron chi connectivity index (χ4n) is 2.19. The van der Waals surface area contributed by atoms with Gasteiger partial charge in [-0.1, -0.05) is 0 Å². The number of nitrogens with zero attached hydrogens (tertiary/aromatic N) is 1. The van der Waals surface area contributed by atoms with E-state index in [4.69, 9.17) is 14.6 Å². The van der Waals surface area contributed by atoms with Gasteiger partial charge in [0.2, 0.25) is 0 Å². The average molecular weight is 279 g/mol. The predicted octanol–water partition coefficient (Wildman–Crippen LogP) is 1.00. The molecule has 0 aliphatic carbocycles. The van der Waals surface area contributed by atoms with E-state index >= 15 is 0 Å². The standard InChI is InChI=1S/C14H17NO5/c1-14(2)13(18)15(4-5-16)10-6-9(8-17)7-11(19-3)12(10)20-14/h6-8,16H,4-5H2,1-3H3. The summed E-state index contributed by atoms with van der Waals surface area (Å²) >= 11 is 0. The number of benzene rings is 1. The van der Waals surface area contributed by atoms with Gasteiger partial charge in [-0.3, -0.25) is 9.59 Å². The van der Waals surface area contributed by atoms with Crippen molar-refractivity contribution < 1.29 is 24.2 Å². The van der Waals surface area contributed by atoms with Crippen LogP contribution in [0.25, 0.3) is 0 Å². The lowest BCUT2D eigenvalue weighted by Gasteiger charge is -2.39. The maximum Gasteiger partial charge on any atom is 0.270 e. The van der Waals surface area contributed by atoms with Gasteiger partial charge in [-0.2, -0.15) is 0 Å². The van der Waals surface area contributed by atoms with E-state index < -0.39 is 5.60 Å². The highest BCUT2D eigenvalue weighted by atomic mass is 16.5. The molecular formula is C14H17NO5. The number of carbonyl (C=O) groups excluding carboxylic acids is 2. The van der Waals surface area contributed by atoms with Gasteiger partial charge in [0.1, 0.15) is 6.29 Å². The van der Waals surface area contributed by atoms with Crippen LogP contribution in [0.5, 0.6) is 11.5 Å². The molecule has 20 heavy (non-hydrogen) atoms. The molecule has 1 amide bonds. The minimum absolute atomic E-state index is 0.129. The Hall–Kier alpha value is -2.08. The number of ether oxygens (including phenoxy) is 2. The number of fused-ring (bicyclic) bond motifs is 1. The molecular weight excluding hydrogens is 262 g/mol. The molecule has 0 saturated carbocycles. The highest BCUT2D eigenvalue weighted by Crippen LogP contribution is 2.44. The first-order valence-corrected chi connectivity index (χ1v) is 6.23. The fourth-order valence-corrected chi connectivity index (χ4v) is 2.19. The Labute approximate surface area is 116 Å². The highest BCUT2D eigenvalue weighted by molar-refractivity contribution is 6.03. The van der Waals surface area contributed by atoms with E-state index in [0.717, 1.165) is 0 Å². The molecule has 0 saturated heterocycles. The van der Waals surface area contributed by atoms with Crippen LogP contribution >= 0.6 is 0 Å². The number of methoxy groups -OCH3 is 1. The zero-order chi connectivity index (χ0) is 14.9. The van der Waals surface area contributed by atoms with Gasteiger partial charge in [0.05, 0.1) is 19.4 Å². The Kier molecular flexibility index (Phi) is 3.67. The van der Waals surface area contributed by atoms with E-state index in [-0.39, 0.29) is 19.1 Å². The molecule has 1 aromatic rings. The molecule has 0 radical (unpaired) electrons. The lowest BCUT2D eigenvalue weighted by molar-refractivity contribution is -0.132. The number of β-amino-alcohol motifs (C(OH)–C–C–N with tert-alkyl or cyclic N) is 1. The molecule has 1 aliphatic rings. The van der Waals surface area contributed by atoms with Crippen LogP contribution < -0.4 is 14.4 Å². The molecule has 108 valence electrons. The monoisotopic (exact) mass is 279 g/mol. The summed E-state index contributed by atoms with van der Waals surface area (Å²) in [5, 5.41) is 9.15. The minimum Gasteiger partial charge on any atom is -0.493 e. The molecule has 6 nitrogen and oxygen atoms in total. The molecule has 0 fully saturated rings. The molecule has 0 bridgehead atoms. The molecule has 1 heterocycles. The fraction of sp³-hybridized carbons (Fsp3) is 0.429. The van der Waals surface area contributed by atoms with Gasteiger partial charge < -0.3 is 19.5 Å². The molecule has 0 atom stereocenters. The number of amides is 1. The van der Waals surface area contributed by atoms with Crippen LogP contribution in [0.2, 0.25) is 0 Å². The van der Waals surface area contributed by atoms with Gasteiger partial charge in [-0.05, 0) is 26.0 Å². The van der Waals surface area contributed by atoms with E-state index in [1.807, 2.05) is 0 Å². The van der Waals surface area contributed by atoms with Crippen molar-refractivity contribution in [3.8, 4) is 11.5 Å². The number of hydrogen-bond acceptors (Lipinski definition) is 5. The van der Waals surface area contributed by atoms with Gasteiger partial charge in [-0.15, -0.1) is 0 Å². The van der Waals surface area contributed by atoms with Crippen molar-refractivity contribution in [1.82, 2.24) is 0 Å². The van der Waals surface area contributed by atoms with E-state index in [1.54, 1.807) is 26.0 Å². The third kappa shape index (κ3) is 2.22. The maximum absolute atomic E-state index is 12.4.